The maximum Gasteiger partial charge on any atom is 0.124 e. The molecule has 2 aliphatic rings. The van der Waals surface area contributed by atoms with E-state index < -0.39 is 0 Å². The standard InChI is InChI=1S/C29H31N7/c1-36-16-22(30)14-27(36)29-32-15-26(35-29)21-7-6-17-11-18(4-5-19(17)12-21)20-8-9-23-25(13-20)34-28(33-23)24-3-2-10-31-24/h4-9,11-13,15,22,24,27,31H,2-3,10,14,16,30H2,1H3,(H,32,35)(H,33,34)/t22-,24+,27+/m1/s1. The second kappa shape index (κ2) is 8.55. The Kier molecular flexibility index (Phi) is 5.16. The Labute approximate surface area is 210 Å². The summed E-state index contributed by atoms with van der Waals surface area (Å²) in [7, 11) is 2.11. The molecule has 7 nitrogen and oxygen atoms in total. The zero-order chi connectivity index (χ0) is 24.2. The van der Waals surface area contributed by atoms with Gasteiger partial charge in [0.15, 0.2) is 0 Å². The molecule has 3 atom stereocenters. The van der Waals surface area contributed by atoms with Crippen LogP contribution in [-0.4, -0.2) is 51.0 Å². The quantitative estimate of drug-likeness (QED) is 0.295. The number of nitrogens with one attached hydrogen (secondary N) is 3. The highest BCUT2D eigenvalue weighted by molar-refractivity contribution is 5.91. The highest BCUT2D eigenvalue weighted by Crippen LogP contribution is 2.32. The topological polar surface area (TPSA) is 98.6 Å². The van der Waals surface area contributed by atoms with Gasteiger partial charge in [-0.1, -0.05) is 30.3 Å². The van der Waals surface area contributed by atoms with E-state index >= 15 is 0 Å². The van der Waals surface area contributed by atoms with E-state index in [1.807, 2.05) is 6.20 Å². The number of benzene rings is 3. The van der Waals surface area contributed by atoms with Gasteiger partial charge < -0.3 is 21.0 Å². The first-order valence-corrected chi connectivity index (χ1v) is 12.9. The van der Waals surface area contributed by atoms with Crippen molar-refractivity contribution in [2.75, 3.05) is 20.1 Å². The van der Waals surface area contributed by atoms with Crippen molar-refractivity contribution >= 4 is 21.8 Å². The van der Waals surface area contributed by atoms with Gasteiger partial charge in [0.1, 0.15) is 11.6 Å². The number of aromatic nitrogens is 4. The average molecular weight is 478 g/mol. The molecule has 0 saturated carbocycles. The Hall–Kier alpha value is -3.52. The molecule has 5 aromatic rings. The number of H-pyrrole nitrogens is 2. The third-order valence-electron chi connectivity index (χ3n) is 7.87. The van der Waals surface area contributed by atoms with Crippen LogP contribution in [0.5, 0.6) is 0 Å². The van der Waals surface area contributed by atoms with E-state index in [-0.39, 0.29) is 12.1 Å². The highest BCUT2D eigenvalue weighted by Gasteiger charge is 2.30. The number of rotatable bonds is 4. The molecule has 5 N–H and O–H groups in total. The Morgan fingerprint density at radius 2 is 1.69 bits per heavy atom. The van der Waals surface area contributed by atoms with Gasteiger partial charge in [-0.2, -0.15) is 0 Å². The Morgan fingerprint density at radius 3 is 2.47 bits per heavy atom. The molecule has 0 aliphatic carbocycles. The van der Waals surface area contributed by atoms with Crippen LogP contribution in [0.2, 0.25) is 0 Å². The molecule has 0 spiro atoms. The van der Waals surface area contributed by atoms with E-state index in [0.717, 1.165) is 59.9 Å². The van der Waals surface area contributed by atoms with Gasteiger partial charge in [0.2, 0.25) is 0 Å². The summed E-state index contributed by atoms with van der Waals surface area (Å²) < 4.78 is 0. The molecule has 0 unspecified atom stereocenters. The van der Waals surface area contributed by atoms with Crippen LogP contribution in [0.3, 0.4) is 0 Å². The number of nitrogens with zero attached hydrogens (tertiary/aromatic N) is 3. The second-order valence-electron chi connectivity index (χ2n) is 10.4. The molecule has 7 rings (SSSR count). The van der Waals surface area contributed by atoms with Crippen LogP contribution in [0.25, 0.3) is 44.2 Å². The third kappa shape index (κ3) is 3.80. The SMILES string of the molecule is CN1C[C@H](N)C[C@H]1c1ncc(-c2ccc3cc(-c4ccc5nc([C@@H]6CCCN6)[nH]c5c4)ccc3c2)[nH]1. The van der Waals surface area contributed by atoms with Gasteiger partial charge in [0, 0.05) is 18.2 Å². The molecule has 0 radical (unpaired) electrons. The van der Waals surface area contributed by atoms with Gasteiger partial charge in [0.25, 0.3) is 0 Å². The van der Waals surface area contributed by atoms with Crippen LogP contribution in [0.1, 0.15) is 43.0 Å². The zero-order valence-corrected chi connectivity index (χ0v) is 20.5. The van der Waals surface area contributed by atoms with Crippen LogP contribution in [0, 0.1) is 0 Å². The zero-order valence-electron chi connectivity index (χ0n) is 20.5. The van der Waals surface area contributed by atoms with E-state index in [9.17, 15) is 0 Å². The van der Waals surface area contributed by atoms with E-state index in [1.54, 1.807) is 0 Å². The number of hydrogen-bond donors (Lipinski definition) is 4. The molecule has 0 amide bonds. The lowest BCUT2D eigenvalue weighted by Gasteiger charge is -2.16. The first-order chi connectivity index (χ1) is 17.6. The monoisotopic (exact) mass is 477 g/mol. The van der Waals surface area contributed by atoms with Crippen molar-refractivity contribution < 1.29 is 0 Å². The number of nitrogens with two attached hydrogens (primary N) is 1. The number of likely N-dealkylation sites (N-methyl/N-ethyl adjacent to an activating group) is 1. The largest absolute Gasteiger partial charge is 0.341 e. The Morgan fingerprint density at radius 1 is 0.917 bits per heavy atom. The van der Waals surface area contributed by atoms with E-state index in [1.165, 1.54) is 28.3 Å². The molecular formula is C29H31N7. The van der Waals surface area contributed by atoms with Crippen molar-refractivity contribution in [3.8, 4) is 22.4 Å². The minimum Gasteiger partial charge on any atom is -0.341 e. The van der Waals surface area contributed by atoms with E-state index in [4.69, 9.17) is 10.7 Å². The van der Waals surface area contributed by atoms with E-state index in [2.05, 4.69) is 86.8 Å². The van der Waals surface area contributed by atoms with Crippen LogP contribution in [0.4, 0.5) is 0 Å². The summed E-state index contributed by atoms with van der Waals surface area (Å²) in [6, 6.07) is 20.6. The summed E-state index contributed by atoms with van der Waals surface area (Å²) in [6.07, 6.45) is 5.23. The molecule has 0 bridgehead atoms. The lowest BCUT2D eigenvalue weighted by atomic mass is 9.99. The van der Waals surface area contributed by atoms with Gasteiger partial charge in [-0.25, -0.2) is 9.97 Å². The van der Waals surface area contributed by atoms with E-state index in [0.29, 0.717) is 6.04 Å². The van der Waals surface area contributed by atoms with Gasteiger partial charge in [-0.15, -0.1) is 0 Å². The molecule has 36 heavy (non-hydrogen) atoms. The minimum atomic E-state index is 0.212. The van der Waals surface area contributed by atoms with Crippen LogP contribution in [-0.2, 0) is 0 Å². The van der Waals surface area contributed by atoms with Gasteiger partial charge in [-0.3, -0.25) is 4.90 Å². The van der Waals surface area contributed by atoms with Crippen LogP contribution >= 0.6 is 0 Å². The molecule has 2 aromatic heterocycles. The van der Waals surface area contributed by atoms with Gasteiger partial charge in [0.05, 0.1) is 35.0 Å². The van der Waals surface area contributed by atoms with Crippen molar-refractivity contribution in [2.24, 2.45) is 5.73 Å². The molecule has 3 aromatic carbocycles. The number of aromatic amines is 2. The summed E-state index contributed by atoms with van der Waals surface area (Å²) in [5.74, 6) is 2.05. The molecule has 4 heterocycles. The maximum absolute atomic E-state index is 6.15. The van der Waals surface area contributed by atoms with Crippen molar-refractivity contribution in [1.29, 1.82) is 0 Å². The predicted octanol–water partition coefficient (Wildman–Crippen LogP) is 4.90. The van der Waals surface area contributed by atoms with Crippen LogP contribution in [0.15, 0.2) is 60.8 Å². The Bertz CT molecular complexity index is 1560. The average Bonchev–Trinajstić information content (AvgIpc) is 3.69. The van der Waals surface area contributed by atoms with Gasteiger partial charge >= 0.3 is 0 Å². The lowest BCUT2D eigenvalue weighted by molar-refractivity contribution is 0.306. The second-order valence-corrected chi connectivity index (χ2v) is 10.4. The fourth-order valence-electron chi connectivity index (χ4n) is 5.90. The number of likely N-dealkylation sites (tertiary alicyclic amines) is 1. The number of hydrogen-bond acceptors (Lipinski definition) is 5. The minimum absolute atomic E-state index is 0.212. The normalized spacial score (nSPS) is 22.8. The first kappa shape index (κ1) is 21.7. The fourth-order valence-corrected chi connectivity index (χ4v) is 5.90. The summed E-state index contributed by atoms with van der Waals surface area (Å²) in [5, 5.41) is 5.96. The van der Waals surface area contributed by atoms with Crippen molar-refractivity contribution in [3.05, 3.63) is 72.4 Å². The smallest absolute Gasteiger partial charge is 0.124 e. The summed E-state index contributed by atoms with van der Waals surface area (Å²) in [4.78, 5) is 18.9. The highest BCUT2D eigenvalue weighted by atomic mass is 15.2. The lowest BCUT2D eigenvalue weighted by Crippen LogP contribution is -2.24. The molecule has 182 valence electrons. The molecule has 2 aliphatic heterocycles. The molecular weight excluding hydrogens is 446 g/mol. The molecule has 2 fully saturated rings. The maximum atomic E-state index is 6.15. The molecule has 2 saturated heterocycles. The van der Waals surface area contributed by atoms with Gasteiger partial charge in [-0.05, 0) is 79.0 Å². The van der Waals surface area contributed by atoms with Crippen molar-refractivity contribution in [2.45, 2.75) is 37.4 Å². The first-order valence-electron chi connectivity index (χ1n) is 12.9. The number of imidazole rings is 2. The number of fused-ring (bicyclic) bond motifs is 2. The predicted molar refractivity (Wildman–Crippen MR) is 145 cm³/mol. The fraction of sp³-hybridized carbons (Fsp3) is 0.310. The Balaban J connectivity index is 1.16. The third-order valence-corrected chi connectivity index (χ3v) is 7.87. The van der Waals surface area contributed by atoms with Crippen molar-refractivity contribution in [3.63, 3.8) is 0 Å². The summed E-state index contributed by atoms with van der Waals surface area (Å²) in [6.45, 7) is 1.98. The summed E-state index contributed by atoms with van der Waals surface area (Å²) >= 11 is 0. The van der Waals surface area contributed by atoms with Crippen molar-refractivity contribution in [1.82, 2.24) is 30.2 Å². The van der Waals surface area contributed by atoms with Crippen LogP contribution < -0.4 is 11.1 Å². The summed E-state index contributed by atoms with van der Waals surface area (Å²) in [5.41, 5.74) is 12.9. The molecule has 7 heteroatoms.